The van der Waals surface area contributed by atoms with Crippen LogP contribution in [0.15, 0.2) is 71.2 Å². The van der Waals surface area contributed by atoms with Gasteiger partial charge in [0.05, 0.1) is 36.8 Å². The summed E-state index contributed by atoms with van der Waals surface area (Å²) in [5, 5.41) is 20.2. The number of benzene rings is 2. The lowest BCUT2D eigenvalue weighted by molar-refractivity contribution is -0.218. The average molecular weight is 633 g/mol. The van der Waals surface area contributed by atoms with E-state index in [1.54, 1.807) is 12.1 Å². The van der Waals surface area contributed by atoms with Crippen molar-refractivity contribution in [3.8, 4) is 0 Å². The van der Waals surface area contributed by atoms with Gasteiger partial charge in [-0.2, -0.15) is 0 Å². The zero-order valence-corrected chi connectivity index (χ0v) is 24.1. The van der Waals surface area contributed by atoms with Gasteiger partial charge in [-0.25, -0.2) is 9.69 Å². The summed E-state index contributed by atoms with van der Waals surface area (Å²) in [6.45, 7) is 1.09. The number of amides is 2. The third-order valence-corrected chi connectivity index (χ3v) is 7.78. The van der Waals surface area contributed by atoms with E-state index < -0.39 is 41.6 Å². The van der Waals surface area contributed by atoms with Gasteiger partial charge in [0.15, 0.2) is 11.6 Å². The van der Waals surface area contributed by atoms with Crippen molar-refractivity contribution >= 4 is 33.7 Å². The molecule has 0 radical (unpaired) electrons. The summed E-state index contributed by atoms with van der Waals surface area (Å²) >= 11 is 3.27. The maximum absolute atomic E-state index is 14.1. The summed E-state index contributed by atoms with van der Waals surface area (Å²) in [5.74, 6) is -4.12. The van der Waals surface area contributed by atoms with Gasteiger partial charge in [-0.3, -0.25) is 9.59 Å². The lowest BCUT2D eigenvalue weighted by Crippen LogP contribution is -2.52. The second kappa shape index (κ2) is 14.8. The van der Waals surface area contributed by atoms with Crippen LogP contribution in [0.25, 0.3) is 0 Å². The molecule has 0 saturated carbocycles. The molecule has 0 aromatic heterocycles. The van der Waals surface area contributed by atoms with Gasteiger partial charge in [-0.15, -0.1) is 0 Å². The molecule has 2 aliphatic rings. The number of halogens is 1. The Morgan fingerprint density at radius 3 is 2.37 bits per heavy atom. The van der Waals surface area contributed by atoms with Crippen LogP contribution >= 0.6 is 15.9 Å². The number of imide groups is 1. The largest absolute Gasteiger partial charge is 0.446 e. The van der Waals surface area contributed by atoms with E-state index in [0.717, 1.165) is 16.0 Å². The Morgan fingerprint density at radius 1 is 1.02 bits per heavy atom. The molecule has 0 unspecified atom stereocenters. The maximum Gasteiger partial charge on any atom is 0.417 e. The van der Waals surface area contributed by atoms with Crippen molar-refractivity contribution in [3.05, 3.63) is 82.3 Å². The Balaban J connectivity index is 1.54. The average Bonchev–Trinajstić information content (AvgIpc) is 3.37. The normalized spacial score (nSPS) is 23.3. The maximum atomic E-state index is 14.1. The van der Waals surface area contributed by atoms with Crippen molar-refractivity contribution < 1.29 is 43.5 Å². The van der Waals surface area contributed by atoms with Crippen LogP contribution in [0.4, 0.5) is 4.79 Å². The van der Waals surface area contributed by atoms with E-state index in [4.69, 9.17) is 24.1 Å². The number of nitrogens with zero attached hydrogens (tertiary/aromatic N) is 1. The SMILES string of the molecule is O=C1C=C(Br)[C@@](O)(CCCOCCOCCO)O[C@H]1[C@H](Cc1ccccc1)C(=O)N1C(=O)OC[C@@H]1c1ccccc1. The molecule has 0 bridgehead atoms. The molecule has 0 spiro atoms. The van der Waals surface area contributed by atoms with E-state index >= 15 is 0 Å². The molecule has 2 amide bonds. The first-order valence-electron chi connectivity index (χ1n) is 13.5. The topological polar surface area (TPSA) is 132 Å². The molecule has 11 heteroatoms. The van der Waals surface area contributed by atoms with Gasteiger partial charge in [0.1, 0.15) is 18.8 Å². The number of carbonyl (C=O) groups is 3. The number of aliphatic hydroxyl groups is 2. The Labute approximate surface area is 247 Å². The molecular weight excluding hydrogens is 598 g/mol. The zero-order chi connectivity index (χ0) is 29.2. The van der Waals surface area contributed by atoms with Gasteiger partial charge in [0.25, 0.3) is 0 Å². The van der Waals surface area contributed by atoms with E-state index in [9.17, 15) is 19.5 Å². The van der Waals surface area contributed by atoms with Gasteiger partial charge in [0, 0.05) is 13.0 Å². The monoisotopic (exact) mass is 631 g/mol. The van der Waals surface area contributed by atoms with Crippen LogP contribution in [-0.4, -0.2) is 84.4 Å². The number of carbonyl (C=O) groups excluding carboxylic acids is 3. The molecule has 2 aliphatic heterocycles. The Morgan fingerprint density at radius 2 is 1.68 bits per heavy atom. The number of cyclic esters (lactones) is 1. The molecule has 41 heavy (non-hydrogen) atoms. The van der Waals surface area contributed by atoms with E-state index in [1.807, 2.05) is 48.5 Å². The molecule has 2 aromatic rings. The Bertz CT molecular complexity index is 1210. The van der Waals surface area contributed by atoms with Gasteiger partial charge >= 0.3 is 6.09 Å². The van der Waals surface area contributed by atoms with Crippen LogP contribution in [0.5, 0.6) is 0 Å². The summed E-state index contributed by atoms with van der Waals surface area (Å²) < 4.78 is 22.1. The van der Waals surface area contributed by atoms with Crippen LogP contribution in [0.2, 0.25) is 0 Å². The third kappa shape index (κ3) is 7.88. The van der Waals surface area contributed by atoms with Crippen molar-refractivity contribution in [2.24, 2.45) is 5.92 Å². The molecule has 1 fully saturated rings. The minimum Gasteiger partial charge on any atom is -0.446 e. The van der Waals surface area contributed by atoms with Crippen molar-refractivity contribution in [2.75, 3.05) is 39.6 Å². The fourth-order valence-corrected chi connectivity index (χ4v) is 5.38. The second-order valence-corrected chi connectivity index (χ2v) is 10.6. The molecule has 2 N–H and O–H groups in total. The van der Waals surface area contributed by atoms with Gasteiger partial charge < -0.3 is 29.2 Å². The van der Waals surface area contributed by atoms with Gasteiger partial charge in [0.2, 0.25) is 5.91 Å². The molecule has 4 atom stereocenters. The number of ether oxygens (including phenoxy) is 4. The lowest BCUT2D eigenvalue weighted by atomic mass is 9.87. The highest BCUT2D eigenvalue weighted by atomic mass is 79.9. The minimum absolute atomic E-state index is 0.00740. The minimum atomic E-state index is -1.88. The number of hydrogen-bond donors (Lipinski definition) is 2. The molecule has 2 aromatic carbocycles. The van der Waals surface area contributed by atoms with Crippen LogP contribution in [0.1, 0.15) is 30.0 Å². The Hall–Kier alpha value is -2.93. The number of ketones is 1. The second-order valence-electron chi connectivity index (χ2n) is 9.78. The van der Waals surface area contributed by atoms with Gasteiger partial charge in [-0.05, 0) is 46.0 Å². The molecule has 4 rings (SSSR count). The first kappa shape index (κ1) is 31.0. The predicted molar refractivity (Wildman–Crippen MR) is 151 cm³/mol. The molecule has 10 nitrogen and oxygen atoms in total. The molecular formula is C30H34BrNO9. The van der Waals surface area contributed by atoms with Crippen LogP contribution in [0, 0.1) is 5.92 Å². The molecule has 2 heterocycles. The number of hydrogen-bond acceptors (Lipinski definition) is 9. The Kier molecular flexibility index (Phi) is 11.2. The zero-order valence-electron chi connectivity index (χ0n) is 22.5. The summed E-state index contributed by atoms with van der Waals surface area (Å²) in [4.78, 5) is 41.3. The smallest absolute Gasteiger partial charge is 0.417 e. The third-order valence-electron chi connectivity index (χ3n) is 6.93. The first-order valence-corrected chi connectivity index (χ1v) is 14.3. The molecule has 1 saturated heterocycles. The summed E-state index contributed by atoms with van der Waals surface area (Å²) in [5.41, 5.74) is 1.49. The highest BCUT2D eigenvalue weighted by Crippen LogP contribution is 2.38. The summed E-state index contributed by atoms with van der Waals surface area (Å²) in [6.07, 6.45) is -0.355. The van der Waals surface area contributed by atoms with Gasteiger partial charge in [-0.1, -0.05) is 60.7 Å². The van der Waals surface area contributed by atoms with Crippen molar-refractivity contribution in [1.82, 2.24) is 4.90 Å². The molecule has 220 valence electrons. The highest BCUT2D eigenvalue weighted by molar-refractivity contribution is 9.11. The fraction of sp³-hybridized carbons (Fsp3) is 0.433. The van der Waals surface area contributed by atoms with E-state index in [2.05, 4.69) is 15.9 Å². The van der Waals surface area contributed by atoms with Crippen molar-refractivity contribution in [2.45, 2.75) is 37.2 Å². The fourth-order valence-electron chi connectivity index (χ4n) is 4.86. The van der Waals surface area contributed by atoms with Crippen LogP contribution in [0.3, 0.4) is 0 Å². The molecule has 0 aliphatic carbocycles. The highest BCUT2D eigenvalue weighted by Gasteiger charge is 2.50. The number of aliphatic hydroxyl groups excluding tert-OH is 1. The summed E-state index contributed by atoms with van der Waals surface area (Å²) in [6, 6.07) is 17.5. The van der Waals surface area contributed by atoms with Crippen LogP contribution < -0.4 is 0 Å². The van der Waals surface area contributed by atoms with E-state index in [-0.39, 0.29) is 43.8 Å². The lowest BCUT2D eigenvalue weighted by Gasteiger charge is -2.38. The summed E-state index contributed by atoms with van der Waals surface area (Å²) in [7, 11) is 0. The number of rotatable bonds is 14. The van der Waals surface area contributed by atoms with Crippen molar-refractivity contribution in [1.29, 1.82) is 0 Å². The van der Waals surface area contributed by atoms with E-state index in [1.165, 1.54) is 6.08 Å². The first-order chi connectivity index (χ1) is 19.8. The van der Waals surface area contributed by atoms with Crippen molar-refractivity contribution in [3.63, 3.8) is 0 Å². The van der Waals surface area contributed by atoms with E-state index in [0.29, 0.717) is 19.6 Å². The quantitative estimate of drug-likeness (QED) is 0.301. The van der Waals surface area contributed by atoms with Crippen LogP contribution in [-0.2, 0) is 35.0 Å². The standard InChI is InChI=1S/C30H34BrNO9/c31-26-19-25(34)27(41-30(26,37)12-7-14-38-16-17-39-15-13-33)23(18-21-8-3-1-4-9-21)28(35)32-24(20-40-29(32)36)22-10-5-2-6-11-22/h1-6,8-11,19,23-24,27,33,37H,7,12-18,20H2/t23-,24+,27-,30+/m0/s1. The predicted octanol–water partition coefficient (Wildman–Crippen LogP) is 3.31.